The summed E-state index contributed by atoms with van der Waals surface area (Å²) in [5.41, 5.74) is 1.42. The molecule has 1 aliphatic carbocycles. The number of nitrogens with zero attached hydrogens (tertiary/aromatic N) is 1. The number of fused-ring (bicyclic) bond motifs is 1. The first kappa shape index (κ1) is 18.7. The van der Waals surface area contributed by atoms with Gasteiger partial charge in [-0.1, -0.05) is 42.5 Å². The first-order chi connectivity index (χ1) is 13.5. The average molecular weight is 394 g/mol. The fraction of sp³-hybridized carbons (Fsp3) is 0.227. The van der Waals surface area contributed by atoms with E-state index < -0.39 is 10.0 Å². The first-order valence-corrected chi connectivity index (χ1v) is 10.7. The number of hydrogen-bond donors (Lipinski definition) is 1. The Morgan fingerprint density at radius 3 is 2.32 bits per heavy atom. The third kappa shape index (κ3) is 3.66. The van der Waals surface area contributed by atoms with Gasteiger partial charge in [-0.05, 0) is 53.4 Å². The van der Waals surface area contributed by atoms with Crippen LogP contribution in [0, 0.1) is 0 Å². The van der Waals surface area contributed by atoms with Crippen molar-refractivity contribution in [2.24, 2.45) is 0 Å². The second-order valence-corrected chi connectivity index (χ2v) is 8.96. The first-order valence-electron chi connectivity index (χ1n) is 9.31. The topological polar surface area (TPSA) is 66.5 Å². The number of carbonyl (C=O) groups is 1. The van der Waals surface area contributed by atoms with Gasteiger partial charge in [0.2, 0.25) is 10.0 Å². The molecule has 1 saturated carbocycles. The quantitative estimate of drug-likeness (QED) is 0.695. The minimum absolute atomic E-state index is 0.0371. The van der Waals surface area contributed by atoms with E-state index in [2.05, 4.69) is 5.32 Å². The number of carbonyl (C=O) groups excluding carboxylic acids is 1. The van der Waals surface area contributed by atoms with Gasteiger partial charge in [0.05, 0.1) is 4.90 Å². The van der Waals surface area contributed by atoms with Gasteiger partial charge in [-0.2, -0.15) is 4.31 Å². The van der Waals surface area contributed by atoms with Gasteiger partial charge < -0.3 is 5.32 Å². The SMILES string of the molecule is CNC(=O)c1ccc(CN(C2CC2)S(=O)(=O)c2ccc3ccccc3c2)cc1. The fourth-order valence-electron chi connectivity index (χ4n) is 3.32. The van der Waals surface area contributed by atoms with Crippen molar-refractivity contribution in [3.8, 4) is 0 Å². The molecule has 0 aromatic heterocycles. The highest BCUT2D eigenvalue weighted by atomic mass is 32.2. The van der Waals surface area contributed by atoms with Gasteiger partial charge in [-0.3, -0.25) is 4.79 Å². The maximum Gasteiger partial charge on any atom is 0.251 e. The summed E-state index contributed by atoms with van der Waals surface area (Å²) in [7, 11) is -2.02. The molecular weight excluding hydrogens is 372 g/mol. The summed E-state index contributed by atoms with van der Waals surface area (Å²) in [6, 6.07) is 20.1. The van der Waals surface area contributed by atoms with Gasteiger partial charge in [0, 0.05) is 25.2 Å². The van der Waals surface area contributed by atoms with Gasteiger partial charge in [0.1, 0.15) is 0 Å². The van der Waals surface area contributed by atoms with Gasteiger partial charge in [0.15, 0.2) is 0 Å². The maximum absolute atomic E-state index is 13.3. The molecule has 144 valence electrons. The average Bonchev–Trinajstić information content (AvgIpc) is 3.56. The molecule has 1 N–H and O–H groups in total. The molecule has 0 spiro atoms. The summed E-state index contributed by atoms with van der Waals surface area (Å²) < 4.78 is 28.3. The van der Waals surface area contributed by atoms with Gasteiger partial charge >= 0.3 is 0 Å². The molecule has 6 heteroatoms. The Hall–Kier alpha value is -2.70. The molecule has 0 bridgehead atoms. The zero-order valence-electron chi connectivity index (χ0n) is 15.6. The summed E-state index contributed by atoms with van der Waals surface area (Å²) in [5.74, 6) is -0.158. The molecule has 0 aliphatic heterocycles. The molecule has 0 saturated heterocycles. The summed E-state index contributed by atoms with van der Waals surface area (Å²) in [4.78, 5) is 12.0. The number of benzene rings is 3. The summed E-state index contributed by atoms with van der Waals surface area (Å²) in [6.07, 6.45) is 1.76. The Labute approximate surface area is 165 Å². The van der Waals surface area contributed by atoms with Crippen molar-refractivity contribution < 1.29 is 13.2 Å². The standard InChI is InChI=1S/C22H22N2O3S/c1-23-22(25)18-8-6-16(7-9-18)15-24(20-11-12-20)28(26,27)21-13-10-17-4-2-3-5-19(17)14-21/h2-10,13-14,20H,11-12,15H2,1H3,(H,23,25). The van der Waals surface area contributed by atoms with E-state index in [-0.39, 0.29) is 11.9 Å². The molecule has 1 amide bonds. The van der Waals surface area contributed by atoms with E-state index in [0.29, 0.717) is 17.0 Å². The van der Waals surface area contributed by atoms with Crippen LogP contribution in [0.4, 0.5) is 0 Å². The molecule has 0 heterocycles. The monoisotopic (exact) mass is 394 g/mol. The smallest absolute Gasteiger partial charge is 0.251 e. The second kappa shape index (κ2) is 7.37. The van der Waals surface area contributed by atoms with E-state index in [1.54, 1.807) is 35.6 Å². The minimum Gasteiger partial charge on any atom is -0.355 e. The lowest BCUT2D eigenvalue weighted by molar-refractivity contribution is 0.0963. The van der Waals surface area contributed by atoms with E-state index in [1.165, 1.54) is 0 Å². The van der Waals surface area contributed by atoms with Crippen LogP contribution in [0.15, 0.2) is 71.6 Å². The fourth-order valence-corrected chi connectivity index (χ4v) is 5.03. The van der Waals surface area contributed by atoms with Crippen LogP contribution in [0.1, 0.15) is 28.8 Å². The van der Waals surface area contributed by atoms with E-state index >= 15 is 0 Å². The predicted octanol–water partition coefficient (Wildman–Crippen LogP) is 3.55. The highest BCUT2D eigenvalue weighted by Gasteiger charge is 2.38. The summed E-state index contributed by atoms with van der Waals surface area (Å²) in [6.45, 7) is 0.299. The zero-order valence-corrected chi connectivity index (χ0v) is 16.4. The Kier molecular flexibility index (Phi) is 4.91. The number of hydrogen-bond acceptors (Lipinski definition) is 3. The molecule has 1 aliphatic rings. The maximum atomic E-state index is 13.3. The molecular formula is C22H22N2O3S. The number of nitrogens with one attached hydrogen (secondary N) is 1. The highest BCUT2D eigenvalue weighted by Crippen LogP contribution is 2.34. The van der Waals surface area contributed by atoms with E-state index in [0.717, 1.165) is 29.2 Å². The normalized spacial score (nSPS) is 14.4. The van der Waals surface area contributed by atoms with Gasteiger partial charge in [-0.25, -0.2) is 8.42 Å². The minimum atomic E-state index is -3.60. The van der Waals surface area contributed by atoms with Crippen LogP contribution in [0.2, 0.25) is 0 Å². The molecule has 3 aromatic carbocycles. The van der Waals surface area contributed by atoms with Gasteiger partial charge in [0.25, 0.3) is 5.91 Å². The lowest BCUT2D eigenvalue weighted by Crippen LogP contribution is -2.32. The van der Waals surface area contributed by atoms with Crippen LogP contribution < -0.4 is 5.32 Å². The third-order valence-corrected chi connectivity index (χ3v) is 6.96. The number of rotatable bonds is 6. The molecule has 4 rings (SSSR count). The lowest BCUT2D eigenvalue weighted by Gasteiger charge is -2.22. The van der Waals surface area contributed by atoms with Crippen molar-refractivity contribution in [1.29, 1.82) is 0 Å². The molecule has 3 aromatic rings. The number of sulfonamides is 1. The summed E-state index contributed by atoms with van der Waals surface area (Å²) in [5, 5.41) is 4.51. The van der Waals surface area contributed by atoms with Crippen LogP contribution >= 0.6 is 0 Å². The molecule has 0 atom stereocenters. The van der Waals surface area contributed by atoms with Crippen LogP contribution in [-0.2, 0) is 16.6 Å². The Bertz CT molecular complexity index is 1120. The number of amides is 1. The molecule has 0 unspecified atom stereocenters. The van der Waals surface area contributed by atoms with Crippen molar-refractivity contribution >= 4 is 26.7 Å². The Morgan fingerprint density at radius 1 is 1.00 bits per heavy atom. The zero-order chi connectivity index (χ0) is 19.7. The van der Waals surface area contributed by atoms with E-state index in [1.807, 2.05) is 42.5 Å². The third-order valence-electron chi connectivity index (χ3n) is 5.06. The lowest BCUT2D eigenvalue weighted by atomic mass is 10.1. The van der Waals surface area contributed by atoms with Crippen molar-refractivity contribution in [2.45, 2.75) is 30.3 Å². The van der Waals surface area contributed by atoms with Crippen LogP contribution in [0.5, 0.6) is 0 Å². The van der Waals surface area contributed by atoms with Crippen molar-refractivity contribution in [1.82, 2.24) is 9.62 Å². The van der Waals surface area contributed by atoms with Crippen molar-refractivity contribution in [3.05, 3.63) is 77.9 Å². The Morgan fingerprint density at radius 2 is 1.68 bits per heavy atom. The molecule has 28 heavy (non-hydrogen) atoms. The van der Waals surface area contributed by atoms with Crippen LogP contribution in [0.3, 0.4) is 0 Å². The highest BCUT2D eigenvalue weighted by molar-refractivity contribution is 7.89. The molecule has 0 radical (unpaired) electrons. The van der Waals surface area contributed by atoms with E-state index in [9.17, 15) is 13.2 Å². The molecule has 1 fully saturated rings. The van der Waals surface area contributed by atoms with Crippen molar-refractivity contribution in [2.75, 3.05) is 7.05 Å². The Balaban J connectivity index is 1.64. The predicted molar refractivity (Wildman–Crippen MR) is 110 cm³/mol. The van der Waals surface area contributed by atoms with Gasteiger partial charge in [-0.15, -0.1) is 0 Å². The summed E-state index contributed by atoms with van der Waals surface area (Å²) >= 11 is 0. The largest absolute Gasteiger partial charge is 0.355 e. The van der Waals surface area contributed by atoms with Crippen LogP contribution in [-0.4, -0.2) is 31.7 Å². The van der Waals surface area contributed by atoms with Crippen molar-refractivity contribution in [3.63, 3.8) is 0 Å². The second-order valence-electron chi connectivity index (χ2n) is 7.07. The molecule has 5 nitrogen and oxygen atoms in total. The van der Waals surface area contributed by atoms with Crippen LogP contribution in [0.25, 0.3) is 10.8 Å². The van der Waals surface area contributed by atoms with E-state index in [4.69, 9.17) is 0 Å².